The van der Waals surface area contributed by atoms with Crippen molar-refractivity contribution in [3.63, 3.8) is 0 Å². The van der Waals surface area contributed by atoms with Gasteiger partial charge < -0.3 is 14.2 Å². The van der Waals surface area contributed by atoms with Gasteiger partial charge >= 0.3 is 6.18 Å². The molecule has 2 aromatic carbocycles. The summed E-state index contributed by atoms with van der Waals surface area (Å²) in [6.07, 6.45) is -4.44. The van der Waals surface area contributed by atoms with E-state index in [1.165, 1.54) is 31.4 Å². The lowest BCUT2D eigenvalue weighted by molar-refractivity contribution is -0.137. The maximum Gasteiger partial charge on any atom is 0.416 e. The number of thiazole rings is 1. The summed E-state index contributed by atoms with van der Waals surface area (Å²) in [5, 5.41) is 4.48. The van der Waals surface area contributed by atoms with E-state index in [4.69, 9.17) is 14.2 Å². The van der Waals surface area contributed by atoms with Gasteiger partial charge in [-0.25, -0.2) is 4.98 Å². The number of halogens is 3. The first-order valence-corrected chi connectivity index (χ1v) is 9.65. The molecule has 1 N–H and O–H groups in total. The number of methoxy groups -OCH3 is 1. The highest BCUT2D eigenvalue weighted by atomic mass is 32.1. The Morgan fingerprint density at radius 3 is 2.77 bits per heavy atom. The second kappa shape index (κ2) is 7.86. The third-order valence-corrected chi connectivity index (χ3v) is 5.06. The molecule has 1 aromatic heterocycles. The van der Waals surface area contributed by atoms with E-state index in [-0.39, 0.29) is 10.7 Å². The lowest BCUT2D eigenvalue weighted by Gasteiger charge is -2.21. The minimum absolute atomic E-state index is 0.251. The van der Waals surface area contributed by atoms with Crippen molar-refractivity contribution in [2.45, 2.75) is 6.18 Å². The first kappa shape index (κ1) is 20.0. The average Bonchev–Trinajstić information content (AvgIpc) is 3.21. The highest BCUT2D eigenvalue weighted by Crippen LogP contribution is 2.40. The second-order valence-electron chi connectivity index (χ2n) is 6.27. The van der Waals surface area contributed by atoms with Crippen LogP contribution in [0.1, 0.15) is 15.9 Å². The molecule has 0 saturated heterocycles. The molecule has 1 amide bonds. The normalized spacial score (nSPS) is 13.1. The van der Waals surface area contributed by atoms with Gasteiger partial charge in [0.05, 0.1) is 18.4 Å². The highest BCUT2D eigenvalue weighted by molar-refractivity contribution is 7.14. The molecule has 0 radical (unpaired) electrons. The Morgan fingerprint density at radius 2 is 2.00 bits per heavy atom. The monoisotopic (exact) mass is 436 g/mol. The van der Waals surface area contributed by atoms with Gasteiger partial charge in [0.15, 0.2) is 16.6 Å². The van der Waals surface area contributed by atoms with Crippen LogP contribution >= 0.6 is 11.3 Å². The zero-order valence-corrected chi connectivity index (χ0v) is 16.4. The molecule has 30 heavy (non-hydrogen) atoms. The number of aromatic nitrogens is 1. The maximum atomic E-state index is 12.9. The van der Waals surface area contributed by atoms with Gasteiger partial charge in [-0.15, -0.1) is 11.3 Å². The summed E-state index contributed by atoms with van der Waals surface area (Å²) in [7, 11) is 1.46. The molecule has 0 aliphatic carbocycles. The molecule has 0 saturated carbocycles. The van der Waals surface area contributed by atoms with Gasteiger partial charge in [0, 0.05) is 16.5 Å². The molecule has 0 spiro atoms. The van der Waals surface area contributed by atoms with Gasteiger partial charge in [-0.05, 0) is 24.3 Å². The van der Waals surface area contributed by atoms with Crippen molar-refractivity contribution in [3.8, 4) is 28.5 Å². The van der Waals surface area contributed by atoms with Crippen molar-refractivity contribution < 1.29 is 32.2 Å². The van der Waals surface area contributed by atoms with Crippen LogP contribution in [-0.2, 0) is 6.18 Å². The minimum Gasteiger partial charge on any atom is -0.493 e. The van der Waals surface area contributed by atoms with E-state index in [1.54, 1.807) is 5.38 Å². The van der Waals surface area contributed by atoms with Crippen LogP contribution < -0.4 is 19.5 Å². The highest BCUT2D eigenvalue weighted by Gasteiger charge is 2.30. The minimum atomic E-state index is -4.44. The Hall–Kier alpha value is -3.27. The Bertz CT molecular complexity index is 1080. The molecule has 4 rings (SSSR count). The van der Waals surface area contributed by atoms with Gasteiger partial charge in [-0.2, -0.15) is 13.2 Å². The molecule has 0 fully saturated rings. The van der Waals surface area contributed by atoms with Crippen LogP contribution in [0.4, 0.5) is 18.3 Å². The molecule has 2 heterocycles. The third-order valence-electron chi connectivity index (χ3n) is 4.30. The molecule has 1 aliphatic rings. The van der Waals surface area contributed by atoms with Crippen LogP contribution in [0.5, 0.6) is 17.2 Å². The zero-order valence-electron chi connectivity index (χ0n) is 15.6. The molecule has 156 valence electrons. The molecule has 10 heteroatoms. The number of hydrogen-bond donors (Lipinski definition) is 1. The largest absolute Gasteiger partial charge is 0.493 e. The van der Waals surface area contributed by atoms with Crippen LogP contribution in [0.15, 0.2) is 41.8 Å². The number of carbonyl (C=O) groups excluding carboxylic acids is 1. The molecular weight excluding hydrogens is 421 g/mol. The number of anilines is 1. The summed E-state index contributed by atoms with van der Waals surface area (Å²) >= 11 is 1.11. The number of nitrogens with zero attached hydrogens (tertiary/aromatic N) is 1. The van der Waals surface area contributed by atoms with E-state index in [9.17, 15) is 18.0 Å². The lowest BCUT2D eigenvalue weighted by Crippen LogP contribution is -2.18. The average molecular weight is 436 g/mol. The van der Waals surface area contributed by atoms with E-state index in [0.717, 1.165) is 23.5 Å². The standard InChI is InChI=1S/C20H15F3N2O4S/c1-27-15-8-12(9-16-17(15)29-6-5-28-16)18(26)25-19-24-14(10-30-19)11-3-2-4-13(7-11)20(21,22)23/h2-4,7-10H,5-6H2,1H3,(H,24,25,26). The van der Waals surface area contributed by atoms with Gasteiger partial charge in [0.2, 0.25) is 5.75 Å². The predicted molar refractivity (Wildman–Crippen MR) is 104 cm³/mol. The van der Waals surface area contributed by atoms with Crippen LogP contribution in [0.25, 0.3) is 11.3 Å². The number of hydrogen-bond acceptors (Lipinski definition) is 6. The number of nitrogens with one attached hydrogen (secondary N) is 1. The molecular formula is C20H15F3N2O4S. The quantitative estimate of drug-likeness (QED) is 0.633. The molecule has 0 atom stereocenters. The molecule has 0 unspecified atom stereocenters. The summed E-state index contributed by atoms with van der Waals surface area (Å²) in [4.78, 5) is 16.9. The van der Waals surface area contributed by atoms with Crippen LogP contribution in [-0.4, -0.2) is 31.2 Å². The topological polar surface area (TPSA) is 69.7 Å². The Kier molecular flexibility index (Phi) is 5.25. The fourth-order valence-corrected chi connectivity index (χ4v) is 3.61. The molecule has 0 bridgehead atoms. The zero-order chi connectivity index (χ0) is 21.3. The first-order valence-electron chi connectivity index (χ1n) is 8.77. The summed E-state index contributed by atoms with van der Waals surface area (Å²) in [5.74, 6) is 0.729. The van der Waals surface area contributed by atoms with E-state index in [1.807, 2.05) is 0 Å². The summed E-state index contributed by atoms with van der Waals surface area (Å²) < 4.78 is 55.1. The third kappa shape index (κ3) is 4.04. The molecule has 3 aromatic rings. The van der Waals surface area contributed by atoms with Crippen molar-refractivity contribution in [2.24, 2.45) is 0 Å². The number of rotatable bonds is 4. The van der Waals surface area contributed by atoms with Gasteiger partial charge in [0.25, 0.3) is 5.91 Å². The second-order valence-corrected chi connectivity index (χ2v) is 7.13. The van der Waals surface area contributed by atoms with Crippen molar-refractivity contribution in [1.82, 2.24) is 4.98 Å². The smallest absolute Gasteiger partial charge is 0.416 e. The van der Waals surface area contributed by atoms with Crippen LogP contribution in [0.2, 0.25) is 0 Å². The number of fused-ring (bicyclic) bond motifs is 1. The fourth-order valence-electron chi connectivity index (χ4n) is 2.89. The van der Waals surface area contributed by atoms with Gasteiger partial charge in [-0.3, -0.25) is 10.1 Å². The Labute approximate surface area is 173 Å². The van der Waals surface area contributed by atoms with E-state index in [2.05, 4.69) is 10.3 Å². The van der Waals surface area contributed by atoms with Gasteiger partial charge in [0.1, 0.15) is 13.2 Å². The predicted octanol–water partition coefficient (Wildman–Crippen LogP) is 4.86. The summed E-state index contributed by atoms with van der Waals surface area (Å²) in [6, 6.07) is 7.91. The number of ether oxygens (including phenoxy) is 3. The first-order chi connectivity index (χ1) is 14.3. The van der Waals surface area contributed by atoms with Crippen molar-refractivity contribution in [1.29, 1.82) is 0 Å². The lowest BCUT2D eigenvalue weighted by atomic mass is 10.1. The molecule has 6 nitrogen and oxygen atoms in total. The summed E-state index contributed by atoms with van der Waals surface area (Å²) in [6.45, 7) is 0.736. The molecule has 1 aliphatic heterocycles. The fraction of sp³-hybridized carbons (Fsp3) is 0.200. The summed E-state index contributed by atoms with van der Waals surface area (Å²) in [5.41, 5.74) is 0.151. The number of amides is 1. The Balaban J connectivity index is 1.55. The van der Waals surface area contributed by atoms with Crippen molar-refractivity contribution in [3.05, 3.63) is 52.9 Å². The van der Waals surface area contributed by atoms with Gasteiger partial charge in [-0.1, -0.05) is 12.1 Å². The van der Waals surface area contributed by atoms with Crippen LogP contribution in [0.3, 0.4) is 0 Å². The number of alkyl halides is 3. The van der Waals surface area contributed by atoms with Crippen molar-refractivity contribution >= 4 is 22.4 Å². The van der Waals surface area contributed by atoms with E-state index in [0.29, 0.717) is 41.7 Å². The SMILES string of the molecule is COc1cc(C(=O)Nc2nc(-c3cccc(C(F)(F)F)c3)cs2)cc2c1OCCO2. The van der Waals surface area contributed by atoms with E-state index < -0.39 is 17.6 Å². The number of carbonyl (C=O) groups is 1. The number of benzene rings is 2. The van der Waals surface area contributed by atoms with Crippen molar-refractivity contribution in [2.75, 3.05) is 25.6 Å². The Morgan fingerprint density at radius 1 is 1.20 bits per heavy atom. The van der Waals surface area contributed by atoms with Crippen LogP contribution in [0, 0.1) is 0 Å². The maximum absolute atomic E-state index is 12.9. The van der Waals surface area contributed by atoms with E-state index >= 15 is 0 Å².